The van der Waals surface area contributed by atoms with Crippen LogP contribution >= 0.6 is 12.2 Å². The molecule has 0 bridgehead atoms. The average Bonchev–Trinajstić information content (AvgIpc) is 2.51. The number of isothiocyanates is 1. The van der Waals surface area contributed by atoms with Gasteiger partial charge in [0, 0.05) is 6.07 Å². The van der Waals surface area contributed by atoms with Gasteiger partial charge in [0.05, 0.1) is 22.4 Å². The topological polar surface area (TPSA) is 65.0 Å². The number of ether oxygens (including phenoxy) is 1. The van der Waals surface area contributed by atoms with E-state index in [1.54, 1.807) is 37.3 Å². The zero-order valence-corrected chi connectivity index (χ0v) is 14.3. The van der Waals surface area contributed by atoms with Crippen LogP contribution in [-0.4, -0.2) is 20.2 Å². The Balaban J connectivity index is 2.30. The summed E-state index contributed by atoms with van der Waals surface area (Å²) in [6.45, 7) is 3.53. The maximum absolute atomic E-state index is 12.0. The van der Waals surface area contributed by atoms with E-state index in [1.807, 2.05) is 6.92 Å². The quantitative estimate of drug-likeness (QED) is 0.443. The zero-order chi connectivity index (χ0) is 16.9. The van der Waals surface area contributed by atoms with Crippen molar-refractivity contribution in [2.75, 3.05) is 6.61 Å². The smallest absolute Gasteiger partial charge is 0.297 e. The van der Waals surface area contributed by atoms with Crippen LogP contribution in [0.4, 0.5) is 5.69 Å². The predicted molar refractivity (Wildman–Crippen MR) is 91.2 cm³/mol. The van der Waals surface area contributed by atoms with E-state index in [-0.39, 0.29) is 11.5 Å². The SMILES string of the molecule is CCOS(=O)(=O)c1ccc(C)c(Oc2ccc(N=C=S)cc2)c1. The fourth-order valence-electron chi connectivity index (χ4n) is 1.84. The van der Waals surface area contributed by atoms with E-state index in [2.05, 4.69) is 22.4 Å². The zero-order valence-electron chi connectivity index (χ0n) is 12.6. The Kier molecular flexibility index (Phi) is 5.63. The molecule has 0 radical (unpaired) electrons. The van der Waals surface area contributed by atoms with Gasteiger partial charge in [-0.2, -0.15) is 13.4 Å². The van der Waals surface area contributed by atoms with Crippen molar-refractivity contribution < 1.29 is 17.3 Å². The summed E-state index contributed by atoms with van der Waals surface area (Å²) < 4.78 is 34.5. The summed E-state index contributed by atoms with van der Waals surface area (Å²) >= 11 is 4.54. The minimum absolute atomic E-state index is 0.0573. The van der Waals surface area contributed by atoms with Crippen molar-refractivity contribution in [1.29, 1.82) is 0 Å². The lowest BCUT2D eigenvalue weighted by molar-refractivity contribution is 0.337. The van der Waals surface area contributed by atoms with Crippen LogP contribution in [0, 0.1) is 6.92 Å². The fraction of sp³-hybridized carbons (Fsp3) is 0.188. The lowest BCUT2D eigenvalue weighted by Crippen LogP contribution is -2.06. The Morgan fingerprint density at radius 1 is 1.17 bits per heavy atom. The molecule has 2 aromatic carbocycles. The Labute approximate surface area is 140 Å². The number of benzene rings is 2. The first kappa shape index (κ1) is 17.3. The minimum Gasteiger partial charge on any atom is -0.457 e. The summed E-state index contributed by atoms with van der Waals surface area (Å²) in [7, 11) is -3.77. The van der Waals surface area contributed by atoms with E-state index in [0.717, 1.165) is 5.56 Å². The predicted octanol–water partition coefficient (Wildman–Crippen LogP) is 4.25. The number of hydrogen-bond acceptors (Lipinski definition) is 6. The summed E-state index contributed by atoms with van der Waals surface area (Å²) in [6, 6.07) is 11.5. The summed E-state index contributed by atoms with van der Waals surface area (Å²) in [5.74, 6) is 0.999. The third-order valence-corrected chi connectivity index (χ3v) is 4.43. The van der Waals surface area contributed by atoms with Gasteiger partial charge in [-0.15, -0.1) is 0 Å². The lowest BCUT2D eigenvalue weighted by Gasteiger charge is -2.11. The summed E-state index contributed by atoms with van der Waals surface area (Å²) in [5.41, 5.74) is 1.47. The summed E-state index contributed by atoms with van der Waals surface area (Å²) in [4.78, 5) is 3.91. The van der Waals surface area contributed by atoms with Gasteiger partial charge in [0.15, 0.2) is 0 Å². The number of aryl methyl sites for hydroxylation is 1. The third kappa shape index (κ3) is 4.46. The molecule has 0 fully saturated rings. The van der Waals surface area contributed by atoms with Gasteiger partial charge in [-0.05, 0) is 62.0 Å². The first-order valence-corrected chi connectivity index (χ1v) is 8.64. The molecule has 0 N–H and O–H groups in total. The van der Waals surface area contributed by atoms with Crippen LogP contribution in [0.25, 0.3) is 0 Å². The highest BCUT2D eigenvalue weighted by atomic mass is 32.2. The second-order valence-corrected chi connectivity index (χ2v) is 6.38. The van der Waals surface area contributed by atoms with Crippen molar-refractivity contribution in [3.8, 4) is 11.5 Å². The molecule has 0 aromatic heterocycles. The van der Waals surface area contributed by atoms with Gasteiger partial charge in [-0.1, -0.05) is 6.07 Å². The van der Waals surface area contributed by atoms with Crippen molar-refractivity contribution in [3.63, 3.8) is 0 Å². The molecule has 0 unspecified atom stereocenters. The second kappa shape index (κ2) is 7.48. The highest BCUT2D eigenvalue weighted by molar-refractivity contribution is 7.86. The molecule has 2 rings (SSSR count). The number of aliphatic imine (C=N–C) groups is 1. The maximum Gasteiger partial charge on any atom is 0.297 e. The van der Waals surface area contributed by atoms with Gasteiger partial charge in [0.2, 0.25) is 0 Å². The number of thiocarbonyl (C=S) groups is 1. The van der Waals surface area contributed by atoms with E-state index >= 15 is 0 Å². The molecule has 0 atom stereocenters. The Morgan fingerprint density at radius 3 is 2.48 bits per heavy atom. The number of nitrogens with zero attached hydrogens (tertiary/aromatic N) is 1. The standard InChI is InChI=1S/C16H15NO4S2/c1-3-20-23(18,19)15-9-4-12(2)16(10-15)21-14-7-5-13(6-8-14)17-11-22/h4-10H,3H2,1-2H3. The average molecular weight is 349 g/mol. The number of hydrogen-bond donors (Lipinski definition) is 0. The molecule has 2 aromatic rings. The minimum atomic E-state index is -3.77. The van der Waals surface area contributed by atoms with Crippen LogP contribution in [0.1, 0.15) is 12.5 Å². The van der Waals surface area contributed by atoms with Gasteiger partial charge < -0.3 is 4.74 Å². The largest absolute Gasteiger partial charge is 0.457 e. The molecule has 0 aliphatic heterocycles. The normalized spacial score (nSPS) is 10.9. The highest BCUT2D eigenvalue weighted by Gasteiger charge is 2.16. The molecule has 120 valence electrons. The molecular weight excluding hydrogens is 334 g/mol. The van der Waals surface area contributed by atoms with E-state index in [0.29, 0.717) is 17.2 Å². The van der Waals surface area contributed by atoms with E-state index in [9.17, 15) is 8.42 Å². The van der Waals surface area contributed by atoms with Crippen LogP contribution in [0.2, 0.25) is 0 Å². The van der Waals surface area contributed by atoms with Crippen LogP contribution in [0.3, 0.4) is 0 Å². The van der Waals surface area contributed by atoms with Crippen LogP contribution in [-0.2, 0) is 14.3 Å². The first-order valence-electron chi connectivity index (χ1n) is 6.82. The summed E-state index contributed by atoms with van der Waals surface area (Å²) in [6.07, 6.45) is 0. The maximum atomic E-state index is 12.0. The molecule has 23 heavy (non-hydrogen) atoms. The molecule has 0 saturated carbocycles. The molecular formula is C16H15NO4S2. The van der Waals surface area contributed by atoms with E-state index in [4.69, 9.17) is 8.92 Å². The van der Waals surface area contributed by atoms with Crippen molar-refractivity contribution in [3.05, 3.63) is 48.0 Å². The van der Waals surface area contributed by atoms with Gasteiger partial charge in [-0.25, -0.2) is 0 Å². The van der Waals surface area contributed by atoms with E-state index < -0.39 is 10.1 Å². The van der Waals surface area contributed by atoms with Gasteiger partial charge in [0.1, 0.15) is 11.5 Å². The Bertz CT molecular complexity index is 839. The van der Waals surface area contributed by atoms with Crippen LogP contribution < -0.4 is 4.74 Å². The third-order valence-electron chi connectivity index (χ3n) is 2.96. The monoisotopic (exact) mass is 349 g/mol. The molecule has 5 nitrogen and oxygen atoms in total. The lowest BCUT2D eigenvalue weighted by atomic mass is 10.2. The molecule has 0 spiro atoms. The molecule has 7 heteroatoms. The van der Waals surface area contributed by atoms with Crippen molar-refractivity contribution in [2.45, 2.75) is 18.7 Å². The van der Waals surface area contributed by atoms with Crippen LogP contribution in [0.5, 0.6) is 11.5 Å². The Hall–Kier alpha value is -2.05. The van der Waals surface area contributed by atoms with E-state index in [1.165, 1.54) is 12.1 Å². The Morgan fingerprint density at radius 2 is 1.87 bits per heavy atom. The highest BCUT2D eigenvalue weighted by Crippen LogP contribution is 2.29. The van der Waals surface area contributed by atoms with Gasteiger partial charge in [-0.3, -0.25) is 4.18 Å². The van der Waals surface area contributed by atoms with Gasteiger partial charge in [0.25, 0.3) is 10.1 Å². The first-order chi connectivity index (χ1) is 11.0. The fourth-order valence-corrected chi connectivity index (χ4v) is 2.88. The van der Waals surface area contributed by atoms with Crippen molar-refractivity contribution in [1.82, 2.24) is 0 Å². The van der Waals surface area contributed by atoms with Crippen molar-refractivity contribution >= 4 is 33.2 Å². The van der Waals surface area contributed by atoms with Gasteiger partial charge >= 0.3 is 0 Å². The second-order valence-electron chi connectivity index (χ2n) is 4.59. The van der Waals surface area contributed by atoms with Crippen LogP contribution in [0.15, 0.2) is 52.4 Å². The molecule has 0 amide bonds. The molecule has 0 heterocycles. The number of rotatable bonds is 6. The van der Waals surface area contributed by atoms with Crippen molar-refractivity contribution in [2.24, 2.45) is 4.99 Å². The molecule has 0 aliphatic carbocycles. The molecule has 0 saturated heterocycles. The summed E-state index contributed by atoms with van der Waals surface area (Å²) in [5, 5.41) is 2.29. The molecule has 0 aliphatic rings.